The lowest BCUT2D eigenvalue weighted by Crippen LogP contribution is -2.56. The van der Waals surface area contributed by atoms with Gasteiger partial charge in [-0.15, -0.1) is 0 Å². The van der Waals surface area contributed by atoms with E-state index in [2.05, 4.69) is 5.32 Å². The predicted molar refractivity (Wildman–Crippen MR) is 171 cm³/mol. The van der Waals surface area contributed by atoms with Gasteiger partial charge >= 0.3 is 0 Å². The summed E-state index contributed by atoms with van der Waals surface area (Å²) in [7, 11) is -4.18. The van der Waals surface area contributed by atoms with E-state index in [-0.39, 0.29) is 29.5 Å². The number of carbonyl (C=O) groups is 2. The Bertz CT molecular complexity index is 1630. The quantitative estimate of drug-likeness (QED) is 0.221. The van der Waals surface area contributed by atoms with Gasteiger partial charge in [0.1, 0.15) is 12.6 Å². The van der Waals surface area contributed by atoms with Crippen molar-refractivity contribution in [1.29, 1.82) is 0 Å². The fourth-order valence-corrected chi connectivity index (χ4v) is 6.28. The maximum absolute atomic E-state index is 14.4. The van der Waals surface area contributed by atoms with Gasteiger partial charge in [-0.1, -0.05) is 96.5 Å². The normalized spacial score (nSPS) is 12.3. The van der Waals surface area contributed by atoms with Crippen LogP contribution >= 0.6 is 11.6 Å². The molecule has 0 aliphatic carbocycles. The summed E-state index contributed by atoms with van der Waals surface area (Å²) in [6.07, 6.45) is 0.240. The van der Waals surface area contributed by atoms with Crippen LogP contribution in [-0.2, 0) is 32.6 Å². The zero-order chi connectivity index (χ0) is 31.0. The maximum atomic E-state index is 14.4. The molecule has 0 heterocycles. The number of rotatable bonds is 11. The van der Waals surface area contributed by atoms with E-state index < -0.39 is 34.1 Å². The van der Waals surface area contributed by atoms with Crippen LogP contribution in [-0.4, -0.2) is 43.3 Å². The van der Waals surface area contributed by atoms with Crippen molar-refractivity contribution in [2.45, 2.75) is 50.2 Å². The molecule has 0 spiro atoms. The van der Waals surface area contributed by atoms with Gasteiger partial charge in [-0.2, -0.15) is 0 Å². The van der Waals surface area contributed by atoms with E-state index in [4.69, 9.17) is 11.6 Å². The highest BCUT2D eigenvalue weighted by Crippen LogP contribution is 2.27. The van der Waals surface area contributed by atoms with Crippen molar-refractivity contribution < 1.29 is 18.0 Å². The van der Waals surface area contributed by atoms with Crippen LogP contribution in [0.4, 0.5) is 5.69 Å². The van der Waals surface area contributed by atoms with Gasteiger partial charge < -0.3 is 10.2 Å². The molecule has 2 amide bonds. The lowest BCUT2D eigenvalue weighted by Gasteiger charge is -2.35. The van der Waals surface area contributed by atoms with Gasteiger partial charge in [0.15, 0.2) is 0 Å². The number of hydrogen-bond acceptors (Lipinski definition) is 4. The molecule has 43 heavy (non-hydrogen) atoms. The third-order valence-electron chi connectivity index (χ3n) is 6.67. The minimum atomic E-state index is -4.18. The molecule has 1 atom stereocenters. The summed E-state index contributed by atoms with van der Waals surface area (Å²) in [5.41, 5.74) is 1.35. The first-order valence-corrected chi connectivity index (χ1v) is 15.8. The van der Waals surface area contributed by atoms with Gasteiger partial charge in [0.2, 0.25) is 11.8 Å². The van der Waals surface area contributed by atoms with E-state index >= 15 is 0 Å². The molecule has 4 aromatic carbocycles. The molecule has 1 unspecified atom stereocenters. The molecule has 0 saturated heterocycles. The number of carbonyl (C=O) groups excluding carboxylic acids is 2. The summed E-state index contributed by atoms with van der Waals surface area (Å²) in [6.45, 7) is 5.19. The second-order valence-electron chi connectivity index (χ2n) is 11.3. The van der Waals surface area contributed by atoms with Crippen LogP contribution in [0.5, 0.6) is 0 Å². The molecular weight excluding hydrogens is 582 g/mol. The molecule has 0 saturated carbocycles. The first-order valence-electron chi connectivity index (χ1n) is 14.0. The van der Waals surface area contributed by atoms with Gasteiger partial charge in [-0.3, -0.25) is 13.9 Å². The van der Waals surface area contributed by atoms with Crippen LogP contribution in [0.25, 0.3) is 0 Å². The Balaban J connectivity index is 1.80. The number of nitrogens with zero attached hydrogens (tertiary/aromatic N) is 2. The zero-order valence-corrected chi connectivity index (χ0v) is 26.1. The highest BCUT2D eigenvalue weighted by molar-refractivity contribution is 7.92. The fraction of sp³-hybridized carbons (Fsp3) is 0.235. The van der Waals surface area contributed by atoms with E-state index in [0.717, 1.165) is 15.4 Å². The summed E-state index contributed by atoms with van der Waals surface area (Å²) in [6, 6.07) is 32.2. The van der Waals surface area contributed by atoms with Gasteiger partial charge in [-0.05, 0) is 62.2 Å². The summed E-state index contributed by atoms with van der Waals surface area (Å²) in [5, 5.41) is 3.35. The Morgan fingerprint density at radius 2 is 1.35 bits per heavy atom. The van der Waals surface area contributed by atoms with Gasteiger partial charge in [-0.25, -0.2) is 8.42 Å². The Morgan fingerprint density at radius 3 is 1.91 bits per heavy atom. The molecule has 4 rings (SSSR count). The van der Waals surface area contributed by atoms with Crippen molar-refractivity contribution >= 4 is 39.1 Å². The third kappa shape index (κ3) is 8.69. The van der Waals surface area contributed by atoms with E-state index in [9.17, 15) is 18.0 Å². The molecule has 0 bridgehead atoms. The van der Waals surface area contributed by atoms with Crippen LogP contribution in [0, 0.1) is 0 Å². The minimum Gasteiger partial charge on any atom is -0.350 e. The van der Waals surface area contributed by atoms with Crippen molar-refractivity contribution in [1.82, 2.24) is 10.2 Å². The second-order valence-corrected chi connectivity index (χ2v) is 13.6. The average molecular weight is 618 g/mol. The largest absolute Gasteiger partial charge is 0.350 e. The predicted octanol–water partition coefficient (Wildman–Crippen LogP) is 6.09. The molecule has 0 aromatic heterocycles. The molecule has 7 nitrogen and oxygen atoms in total. The SMILES string of the molecule is CC(C)(C)NC(=O)C(Cc1ccccc1)N(Cc1ccccc1)C(=O)CN(c1cccc(Cl)c1)S(=O)(=O)c1ccccc1. The van der Waals surface area contributed by atoms with Crippen molar-refractivity contribution in [2.75, 3.05) is 10.8 Å². The van der Waals surface area contributed by atoms with Crippen molar-refractivity contribution in [2.24, 2.45) is 0 Å². The molecule has 1 N–H and O–H groups in total. The fourth-order valence-electron chi connectivity index (χ4n) is 4.67. The summed E-state index contributed by atoms with van der Waals surface area (Å²) < 4.78 is 29.0. The Kier molecular flexibility index (Phi) is 10.3. The number of anilines is 1. The first kappa shape index (κ1) is 31.8. The topological polar surface area (TPSA) is 86.8 Å². The van der Waals surface area contributed by atoms with Crippen LogP contribution in [0.3, 0.4) is 0 Å². The lowest BCUT2D eigenvalue weighted by molar-refractivity contribution is -0.140. The maximum Gasteiger partial charge on any atom is 0.264 e. The highest BCUT2D eigenvalue weighted by atomic mass is 35.5. The summed E-state index contributed by atoms with van der Waals surface area (Å²) in [4.78, 5) is 29.8. The van der Waals surface area contributed by atoms with E-state index in [1.54, 1.807) is 36.4 Å². The molecule has 0 radical (unpaired) electrons. The number of benzene rings is 4. The first-order chi connectivity index (χ1) is 20.4. The monoisotopic (exact) mass is 617 g/mol. The average Bonchev–Trinajstić information content (AvgIpc) is 2.98. The number of nitrogens with one attached hydrogen (secondary N) is 1. The van der Waals surface area contributed by atoms with E-state index in [1.807, 2.05) is 81.4 Å². The number of hydrogen-bond donors (Lipinski definition) is 1. The smallest absolute Gasteiger partial charge is 0.264 e. The number of halogens is 1. The van der Waals surface area contributed by atoms with Crippen LogP contribution < -0.4 is 9.62 Å². The van der Waals surface area contributed by atoms with E-state index in [1.165, 1.54) is 23.1 Å². The Hall–Kier alpha value is -4.14. The van der Waals surface area contributed by atoms with Crippen LogP contribution in [0.2, 0.25) is 5.02 Å². The molecule has 0 aliphatic heterocycles. The van der Waals surface area contributed by atoms with Crippen molar-refractivity contribution in [3.8, 4) is 0 Å². The number of sulfonamides is 1. The molecule has 0 aliphatic rings. The summed E-state index contributed by atoms with van der Waals surface area (Å²) in [5.74, 6) is -0.866. The standard InChI is InChI=1S/C34H36ClN3O4S/c1-34(2,3)36-33(40)31(22-26-14-7-4-8-15-26)37(24-27-16-9-5-10-17-27)32(39)25-38(29-19-13-18-28(35)23-29)43(41,42)30-20-11-6-12-21-30/h4-21,23,31H,22,24-25H2,1-3H3,(H,36,40). The highest BCUT2D eigenvalue weighted by Gasteiger charge is 2.35. The summed E-state index contributed by atoms with van der Waals surface area (Å²) >= 11 is 6.27. The second kappa shape index (κ2) is 13.9. The van der Waals surface area contributed by atoms with Gasteiger partial charge in [0, 0.05) is 23.5 Å². The van der Waals surface area contributed by atoms with Crippen LogP contribution in [0.1, 0.15) is 31.9 Å². The van der Waals surface area contributed by atoms with E-state index in [0.29, 0.717) is 5.02 Å². The zero-order valence-electron chi connectivity index (χ0n) is 24.5. The molecule has 9 heteroatoms. The molecule has 4 aromatic rings. The molecule has 224 valence electrons. The molecular formula is C34H36ClN3O4S. The Morgan fingerprint density at radius 1 is 0.791 bits per heavy atom. The van der Waals surface area contributed by atoms with Crippen molar-refractivity contribution in [3.05, 3.63) is 131 Å². The van der Waals surface area contributed by atoms with Gasteiger partial charge in [0.05, 0.1) is 10.6 Å². The number of amides is 2. The van der Waals surface area contributed by atoms with Crippen molar-refractivity contribution in [3.63, 3.8) is 0 Å². The van der Waals surface area contributed by atoms with Gasteiger partial charge in [0.25, 0.3) is 10.0 Å². The molecule has 0 fully saturated rings. The Labute approximate surface area is 259 Å². The minimum absolute atomic E-state index is 0.0312. The van der Waals surface area contributed by atoms with Crippen LogP contribution in [0.15, 0.2) is 120 Å². The lowest BCUT2D eigenvalue weighted by atomic mass is 10.0. The third-order valence-corrected chi connectivity index (χ3v) is 8.69.